The molecule has 0 spiro atoms. The molecule has 216 valence electrons. The van der Waals surface area contributed by atoms with Crippen LogP contribution in [0.2, 0.25) is 0 Å². The van der Waals surface area contributed by atoms with E-state index in [4.69, 9.17) is 9.47 Å². The van der Waals surface area contributed by atoms with E-state index in [1.807, 2.05) is 24.3 Å². The minimum Gasteiger partial charge on any atom is -0.393 e. The number of ether oxygens (including phenoxy) is 2. The van der Waals surface area contributed by atoms with Gasteiger partial charge in [-0.25, -0.2) is 0 Å². The third-order valence-electron chi connectivity index (χ3n) is 11.3. The van der Waals surface area contributed by atoms with Crippen LogP contribution in [0.4, 0.5) is 0 Å². The molecule has 41 heavy (non-hydrogen) atoms. The molecule has 2 aromatic carbocycles. The molecule has 1 aliphatic heterocycles. The highest BCUT2D eigenvalue weighted by Crippen LogP contribution is 2.69. The third-order valence-corrected chi connectivity index (χ3v) is 12.4. The van der Waals surface area contributed by atoms with Gasteiger partial charge in [0, 0.05) is 21.6 Å². The normalized spacial score (nSPS) is 41.0. The highest BCUT2D eigenvalue weighted by molar-refractivity contribution is 8.00. The van der Waals surface area contributed by atoms with E-state index in [-0.39, 0.29) is 40.8 Å². The zero-order chi connectivity index (χ0) is 28.6. The van der Waals surface area contributed by atoms with Crippen molar-refractivity contribution in [1.82, 2.24) is 0 Å². The van der Waals surface area contributed by atoms with Crippen molar-refractivity contribution in [3.05, 3.63) is 66.3 Å². The van der Waals surface area contributed by atoms with E-state index in [1.165, 1.54) is 0 Å². The lowest BCUT2D eigenvalue weighted by Crippen LogP contribution is -2.63. The summed E-state index contributed by atoms with van der Waals surface area (Å²) in [5.74, 6) is 0.849. The van der Waals surface area contributed by atoms with E-state index < -0.39 is 23.4 Å². The van der Waals surface area contributed by atoms with E-state index in [2.05, 4.69) is 45.0 Å². The average Bonchev–Trinajstić information content (AvgIpc) is 3.44. The van der Waals surface area contributed by atoms with Crippen LogP contribution in [0.3, 0.4) is 0 Å². The summed E-state index contributed by atoms with van der Waals surface area (Å²) in [5.41, 5.74) is -0.817. The lowest BCUT2D eigenvalue weighted by Gasteiger charge is -2.59. The van der Waals surface area contributed by atoms with Gasteiger partial charge in [-0.2, -0.15) is 0 Å². The molecule has 5 aliphatic rings. The zero-order valence-corrected chi connectivity index (χ0v) is 25.0. The summed E-state index contributed by atoms with van der Waals surface area (Å²) in [6.45, 7) is 6.50. The lowest BCUT2D eigenvalue weighted by molar-refractivity contribution is -0.197. The Morgan fingerprint density at radius 1 is 1.15 bits per heavy atom. The monoisotopic (exact) mass is 572 g/mol. The number of Topliss-reactive ketones (excluding diaryl/α,β-unsaturated/α-hetero) is 1. The van der Waals surface area contributed by atoms with Gasteiger partial charge in [-0.15, -0.1) is 11.8 Å². The molecule has 5 unspecified atom stereocenters. The number of aliphatic hydroxyl groups is 1. The zero-order valence-electron chi connectivity index (χ0n) is 24.2. The first-order valence-corrected chi connectivity index (χ1v) is 16.3. The molecule has 0 aromatic heterocycles. The summed E-state index contributed by atoms with van der Waals surface area (Å²) in [6, 6.07) is 14.5. The van der Waals surface area contributed by atoms with Crippen molar-refractivity contribution in [3.63, 3.8) is 0 Å². The van der Waals surface area contributed by atoms with Crippen molar-refractivity contribution in [2.45, 2.75) is 88.3 Å². The Hall–Kier alpha value is -2.25. The van der Waals surface area contributed by atoms with Crippen molar-refractivity contribution in [1.29, 1.82) is 0 Å². The topological polar surface area (TPSA) is 72.8 Å². The van der Waals surface area contributed by atoms with Crippen LogP contribution < -0.4 is 0 Å². The molecule has 1 saturated heterocycles. The van der Waals surface area contributed by atoms with Crippen molar-refractivity contribution >= 4 is 34.1 Å². The number of allylic oxidation sites excluding steroid dienone is 4. The largest absolute Gasteiger partial charge is 0.393 e. The predicted octanol–water partition coefficient (Wildman–Crippen LogP) is 6.67. The summed E-state index contributed by atoms with van der Waals surface area (Å²) in [5, 5.41) is 14.3. The first-order valence-electron chi connectivity index (χ1n) is 15.3. The number of fused-ring (bicyclic) bond motifs is 8. The Bertz CT molecular complexity index is 1460. The Labute approximate surface area is 246 Å². The second kappa shape index (κ2) is 9.90. The van der Waals surface area contributed by atoms with E-state index in [0.29, 0.717) is 12.2 Å². The van der Waals surface area contributed by atoms with Gasteiger partial charge < -0.3 is 14.6 Å². The molecule has 0 bridgehead atoms. The van der Waals surface area contributed by atoms with Gasteiger partial charge in [-0.05, 0) is 72.9 Å². The van der Waals surface area contributed by atoms with Crippen LogP contribution in [-0.2, 0) is 19.1 Å². The highest BCUT2D eigenvalue weighted by Gasteiger charge is 2.75. The van der Waals surface area contributed by atoms with Crippen LogP contribution in [0, 0.1) is 28.6 Å². The van der Waals surface area contributed by atoms with Crippen LogP contribution in [0.15, 0.2) is 71.2 Å². The molecule has 1 N–H and O–H groups in total. The quantitative estimate of drug-likeness (QED) is 0.390. The molecule has 1 heterocycles. The molecule has 0 amide bonds. The smallest absolute Gasteiger partial charge is 0.178 e. The van der Waals surface area contributed by atoms with Gasteiger partial charge in [0.25, 0.3) is 0 Å². The van der Waals surface area contributed by atoms with Crippen molar-refractivity contribution in [2.75, 3.05) is 5.75 Å². The molecular weight excluding hydrogens is 532 g/mol. The first-order chi connectivity index (χ1) is 19.7. The van der Waals surface area contributed by atoms with Gasteiger partial charge in [-0.1, -0.05) is 75.2 Å². The van der Waals surface area contributed by atoms with Crippen LogP contribution in [0.1, 0.15) is 59.3 Å². The van der Waals surface area contributed by atoms with Gasteiger partial charge in [0.2, 0.25) is 0 Å². The maximum Gasteiger partial charge on any atom is 0.178 e. The second-order valence-electron chi connectivity index (χ2n) is 13.3. The van der Waals surface area contributed by atoms with Crippen LogP contribution in [0.5, 0.6) is 0 Å². The van der Waals surface area contributed by atoms with E-state index in [9.17, 15) is 14.7 Å². The summed E-state index contributed by atoms with van der Waals surface area (Å²) in [7, 11) is 0. The summed E-state index contributed by atoms with van der Waals surface area (Å²) in [6.07, 6.45) is 8.87. The number of benzene rings is 2. The lowest BCUT2D eigenvalue weighted by atomic mass is 9.46. The molecule has 4 aliphatic carbocycles. The number of hydrogen-bond donors (Lipinski definition) is 1. The maximum atomic E-state index is 14.6. The number of carbonyl (C=O) groups is 2. The minimum atomic E-state index is -1.07. The molecule has 6 heteroatoms. The molecule has 3 saturated carbocycles. The average molecular weight is 573 g/mol. The fraction of sp³-hybridized carbons (Fsp3) is 0.543. The standard InChI is InChI=1S/C35H40O5S/c1-4-8-31-39-30-18-26-25-14-13-22-17-23(36)15-16-33(22,2)32(25)27(37)19-34(26,3)35(30,40-31)29(38)20-41-28-12-7-10-21-9-5-6-11-24(21)28/h5-7,9-12,15-17,25-27,30-32,37H,4,8,13-14,18-20H2,1-3H3/t25?,26?,27-,30+,31+,32?,33?,34?,35+/m0/s1. The van der Waals surface area contributed by atoms with Crippen LogP contribution in [0.25, 0.3) is 10.8 Å². The van der Waals surface area contributed by atoms with E-state index in [1.54, 1.807) is 23.9 Å². The van der Waals surface area contributed by atoms with E-state index in [0.717, 1.165) is 53.3 Å². The molecule has 5 nitrogen and oxygen atoms in total. The molecule has 9 atom stereocenters. The summed E-state index contributed by atoms with van der Waals surface area (Å²) >= 11 is 1.58. The highest BCUT2D eigenvalue weighted by atomic mass is 32.2. The Morgan fingerprint density at radius 3 is 2.78 bits per heavy atom. The molecule has 7 rings (SSSR count). The summed E-state index contributed by atoms with van der Waals surface area (Å²) < 4.78 is 13.4. The second-order valence-corrected chi connectivity index (χ2v) is 14.4. The number of ketones is 2. The fourth-order valence-electron chi connectivity index (χ4n) is 9.58. The number of aliphatic hydroxyl groups excluding tert-OH is 1. The van der Waals surface area contributed by atoms with Crippen molar-refractivity contribution < 1.29 is 24.2 Å². The third kappa shape index (κ3) is 3.93. The predicted molar refractivity (Wildman–Crippen MR) is 160 cm³/mol. The van der Waals surface area contributed by atoms with Gasteiger partial charge >= 0.3 is 0 Å². The number of hydrogen-bond acceptors (Lipinski definition) is 6. The van der Waals surface area contributed by atoms with Gasteiger partial charge in [-0.3, -0.25) is 9.59 Å². The van der Waals surface area contributed by atoms with E-state index >= 15 is 0 Å². The Kier molecular flexibility index (Phi) is 6.66. The number of thioether (sulfide) groups is 1. The minimum absolute atomic E-state index is 0.00685. The Morgan fingerprint density at radius 2 is 1.95 bits per heavy atom. The van der Waals surface area contributed by atoms with Gasteiger partial charge in [0.15, 0.2) is 23.5 Å². The maximum absolute atomic E-state index is 14.6. The van der Waals surface area contributed by atoms with Gasteiger partial charge in [0.05, 0.1) is 18.0 Å². The summed E-state index contributed by atoms with van der Waals surface area (Å²) in [4.78, 5) is 27.9. The fourth-order valence-corrected chi connectivity index (χ4v) is 10.6. The number of carbonyl (C=O) groups excluding carboxylic acids is 2. The van der Waals surface area contributed by atoms with Crippen LogP contribution in [-0.4, -0.2) is 46.5 Å². The van der Waals surface area contributed by atoms with Gasteiger partial charge in [0.1, 0.15) is 0 Å². The first kappa shape index (κ1) is 27.6. The van der Waals surface area contributed by atoms with Crippen molar-refractivity contribution in [3.8, 4) is 0 Å². The van der Waals surface area contributed by atoms with Crippen molar-refractivity contribution in [2.24, 2.45) is 28.6 Å². The Balaban J connectivity index is 1.23. The van der Waals surface area contributed by atoms with Crippen LogP contribution >= 0.6 is 11.8 Å². The SMILES string of the molecule is CCC[C@@H]1O[C@@H]2CC3C4CCC5=CC(=O)C=CC5(C)C4[C@@H](O)CC3(C)[C@]2(C(=O)CSc2cccc3ccccc23)O1. The molecule has 4 fully saturated rings. The molecular formula is C35H40O5S. The molecule has 0 radical (unpaired) electrons. The number of rotatable bonds is 6. The molecule has 2 aromatic rings.